The lowest BCUT2D eigenvalue weighted by Gasteiger charge is -2.27. The third kappa shape index (κ3) is 3.20. The van der Waals surface area contributed by atoms with Crippen LogP contribution in [0, 0.1) is 0 Å². The first-order chi connectivity index (χ1) is 5.77. The SMILES string of the molecule is CCO[Si]1(C)OCCOCCO1. The summed E-state index contributed by atoms with van der Waals surface area (Å²) in [6, 6.07) is 0. The van der Waals surface area contributed by atoms with Gasteiger partial charge in [-0.15, -0.1) is 0 Å². The van der Waals surface area contributed by atoms with E-state index in [4.69, 9.17) is 18.0 Å². The van der Waals surface area contributed by atoms with Crippen LogP contribution >= 0.6 is 0 Å². The van der Waals surface area contributed by atoms with Gasteiger partial charge in [0.1, 0.15) is 0 Å². The highest BCUT2D eigenvalue weighted by Gasteiger charge is 2.34. The standard InChI is InChI=1S/C7H16O4Si/c1-3-9-12(2)10-6-4-8-5-7-11-12/h3-7H2,1-2H3. The van der Waals surface area contributed by atoms with Gasteiger partial charge < -0.3 is 18.0 Å². The highest BCUT2D eigenvalue weighted by Crippen LogP contribution is 2.10. The highest BCUT2D eigenvalue weighted by molar-refractivity contribution is 6.59. The normalized spacial score (nSPS) is 24.5. The van der Waals surface area contributed by atoms with Crippen molar-refractivity contribution < 1.29 is 18.0 Å². The first-order valence-electron chi connectivity index (χ1n) is 4.26. The van der Waals surface area contributed by atoms with Crippen LogP contribution in [0.3, 0.4) is 0 Å². The van der Waals surface area contributed by atoms with E-state index in [1.165, 1.54) is 0 Å². The zero-order valence-electron chi connectivity index (χ0n) is 7.67. The minimum Gasteiger partial charge on any atom is -0.377 e. The van der Waals surface area contributed by atoms with Crippen molar-refractivity contribution in [2.24, 2.45) is 0 Å². The third-order valence-corrected chi connectivity index (χ3v) is 3.86. The van der Waals surface area contributed by atoms with E-state index in [-0.39, 0.29) is 0 Å². The number of hydrogen-bond donors (Lipinski definition) is 0. The Morgan fingerprint density at radius 1 is 1.17 bits per heavy atom. The summed E-state index contributed by atoms with van der Waals surface area (Å²) in [5.74, 6) is 0. The molecule has 1 aliphatic rings. The monoisotopic (exact) mass is 192 g/mol. The van der Waals surface area contributed by atoms with Gasteiger partial charge in [0.2, 0.25) is 0 Å². The fourth-order valence-corrected chi connectivity index (χ4v) is 2.74. The van der Waals surface area contributed by atoms with Gasteiger partial charge in [-0.05, 0) is 6.92 Å². The molecule has 5 heteroatoms. The zero-order chi connectivity index (χ0) is 8.86. The molecule has 0 amide bonds. The Balaban J connectivity index is 2.36. The first-order valence-corrected chi connectivity index (χ1v) is 6.49. The fraction of sp³-hybridized carbons (Fsp3) is 1.00. The Labute approximate surface area is 74.1 Å². The molecule has 0 N–H and O–H groups in total. The van der Waals surface area contributed by atoms with E-state index in [1.807, 2.05) is 13.5 Å². The van der Waals surface area contributed by atoms with Crippen molar-refractivity contribution in [3.8, 4) is 0 Å². The summed E-state index contributed by atoms with van der Waals surface area (Å²) >= 11 is 0. The number of hydrogen-bond acceptors (Lipinski definition) is 4. The van der Waals surface area contributed by atoms with Gasteiger partial charge in [-0.2, -0.15) is 0 Å². The maximum Gasteiger partial charge on any atom is 0.497 e. The average molecular weight is 192 g/mol. The van der Waals surface area contributed by atoms with Crippen LogP contribution in [0.15, 0.2) is 0 Å². The van der Waals surface area contributed by atoms with Crippen LogP contribution in [0.25, 0.3) is 0 Å². The molecule has 1 fully saturated rings. The van der Waals surface area contributed by atoms with Crippen molar-refractivity contribution in [3.63, 3.8) is 0 Å². The summed E-state index contributed by atoms with van der Waals surface area (Å²) in [6.07, 6.45) is 0. The van der Waals surface area contributed by atoms with Crippen molar-refractivity contribution in [2.45, 2.75) is 13.5 Å². The molecule has 12 heavy (non-hydrogen) atoms. The van der Waals surface area contributed by atoms with Gasteiger partial charge in [0.05, 0.1) is 26.4 Å². The number of rotatable bonds is 2. The fourth-order valence-electron chi connectivity index (χ4n) is 1.06. The molecule has 0 aliphatic carbocycles. The molecule has 0 bridgehead atoms. The van der Waals surface area contributed by atoms with E-state index < -0.39 is 8.80 Å². The topological polar surface area (TPSA) is 36.9 Å². The maximum absolute atomic E-state index is 5.48. The Morgan fingerprint density at radius 2 is 1.75 bits per heavy atom. The second-order valence-corrected chi connectivity index (χ2v) is 5.20. The van der Waals surface area contributed by atoms with Crippen molar-refractivity contribution in [3.05, 3.63) is 0 Å². The maximum atomic E-state index is 5.48. The number of ether oxygens (including phenoxy) is 1. The molecule has 1 saturated heterocycles. The second-order valence-electron chi connectivity index (χ2n) is 2.60. The van der Waals surface area contributed by atoms with E-state index in [9.17, 15) is 0 Å². The van der Waals surface area contributed by atoms with Gasteiger partial charge in [-0.25, -0.2) is 0 Å². The molecule has 0 unspecified atom stereocenters. The van der Waals surface area contributed by atoms with Crippen molar-refractivity contribution in [1.29, 1.82) is 0 Å². The van der Waals surface area contributed by atoms with Gasteiger partial charge >= 0.3 is 8.80 Å². The molecule has 72 valence electrons. The van der Waals surface area contributed by atoms with Crippen LogP contribution in [0.4, 0.5) is 0 Å². The van der Waals surface area contributed by atoms with E-state index in [2.05, 4.69) is 0 Å². The summed E-state index contributed by atoms with van der Waals surface area (Å²) < 4.78 is 21.6. The Hall–Kier alpha value is 0.0569. The molecule has 0 aromatic heterocycles. The van der Waals surface area contributed by atoms with Crippen LogP contribution in [0.2, 0.25) is 6.55 Å². The Bertz CT molecular complexity index is 123. The molecule has 1 aliphatic heterocycles. The molecule has 0 aromatic carbocycles. The quantitative estimate of drug-likeness (QED) is 0.602. The highest BCUT2D eigenvalue weighted by atomic mass is 28.4. The van der Waals surface area contributed by atoms with Crippen LogP contribution < -0.4 is 0 Å². The van der Waals surface area contributed by atoms with Crippen molar-refractivity contribution in [1.82, 2.24) is 0 Å². The lowest BCUT2D eigenvalue weighted by atomic mass is 10.7. The van der Waals surface area contributed by atoms with Gasteiger partial charge in [0.15, 0.2) is 0 Å². The third-order valence-electron chi connectivity index (χ3n) is 1.59. The van der Waals surface area contributed by atoms with Crippen molar-refractivity contribution >= 4 is 8.80 Å². The van der Waals surface area contributed by atoms with E-state index >= 15 is 0 Å². The molecule has 0 atom stereocenters. The summed E-state index contributed by atoms with van der Waals surface area (Å²) in [5.41, 5.74) is 0. The molecule has 4 nitrogen and oxygen atoms in total. The minimum atomic E-state index is -2.30. The van der Waals surface area contributed by atoms with Crippen LogP contribution in [0.1, 0.15) is 6.92 Å². The Morgan fingerprint density at radius 3 is 2.25 bits per heavy atom. The summed E-state index contributed by atoms with van der Waals surface area (Å²) in [7, 11) is -2.30. The van der Waals surface area contributed by atoms with Gasteiger partial charge in [-0.3, -0.25) is 0 Å². The van der Waals surface area contributed by atoms with Crippen LogP contribution in [-0.2, 0) is 18.0 Å². The molecule has 0 aromatic rings. The summed E-state index contributed by atoms with van der Waals surface area (Å²) in [5, 5.41) is 0. The largest absolute Gasteiger partial charge is 0.497 e. The van der Waals surface area contributed by atoms with E-state index in [0.29, 0.717) is 33.0 Å². The summed E-state index contributed by atoms with van der Waals surface area (Å²) in [4.78, 5) is 0. The molecule has 0 radical (unpaired) electrons. The molecular formula is C7H16O4Si. The molecule has 0 spiro atoms. The molecular weight excluding hydrogens is 176 g/mol. The first kappa shape index (κ1) is 10.1. The second kappa shape index (κ2) is 4.93. The summed E-state index contributed by atoms with van der Waals surface area (Å²) in [6.45, 7) is 6.93. The Kier molecular flexibility index (Phi) is 4.17. The molecule has 0 saturated carbocycles. The molecule has 1 rings (SSSR count). The average Bonchev–Trinajstić information content (AvgIpc) is 1.99. The van der Waals surface area contributed by atoms with Crippen LogP contribution in [0.5, 0.6) is 0 Å². The lowest BCUT2D eigenvalue weighted by molar-refractivity contribution is -0.0114. The van der Waals surface area contributed by atoms with Gasteiger partial charge in [0.25, 0.3) is 0 Å². The lowest BCUT2D eigenvalue weighted by Crippen LogP contribution is -2.45. The van der Waals surface area contributed by atoms with Gasteiger partial charge in [-0.1, -0.05) is 0 Å². The van der Waals surface area contributed by atoms with Gasteiger partial charge in [0, 0.05) is 13.2 Å². The smallest absolute Gasteiger partial charge is 0.377 e. The van der Waals surface area contributed by atoms with Crippen LogP contribution in [-0.4, -0.2) is 41.8 Å². The van der Waals surface area contributed by atoms with E-state index in [1.54, 1.807) is 0 Å². The zero-order valence-corrected chi connectivity index (χ0v) is 8.67. The predicted molar refractivity (Wildman–Crippen MR) is 46.0 cm³/mol. The van der Waals surface area contributed by atoms with Crippen molar-refractivity contribution in [2.75, 3.05) is 33.0 Å². The minimum absolute atomic E-state index is 0.572. The molecule has 1 heterocycles. The van der Waals surface area contributed by atoms with E-state index in [0.717, 1.165) is 0 Å². The predicted octanol–water partition coefficient (Wildman–Crippen LogP) is 0.655.